The summed E-state index contributed by atoms with van der Waals surface area (Å²) in [6, 6.07) is 0. The maximum absolute atomic E-state index is 2.43. The number of likely N-dealkylation sites (tertiary alicyclic amines) is 1. The summed E-state index contributed by atoms with van der Waals surface area (Å²) in [4.78, 5) is 2.43. The van der Waals surface area contributed by atoms with Crippen LogP contribution in [0.2, 0.25) is 0 Å². The van der Waals surface area contributed by atoms with Crippen LogP contribution >= 0.6 is 0 Å². The van der Waals surface area contributed by atoms with E-state index in [0.717, 1.165) is 5.92 Å². The molecule has 0 spiro atoms. The van der Waals surface area contributed by atoms with E-state index in [-0.39, 0.29) is 0 Å². The molecule has 0 aliphatic carbocycles. The lowest BCUT2D eigenvalue weighted by atomic mass is 9.91. The van der Waals surface area contributed by atoms with Crippen LogP contribution in [0.1, 0.15) is 26.7 Å². The molecular weight excluding hydrogens is 134 g/mol. The Hall–Kier alpha value is -0.300. The van der Waals surface area contributed by atoms with Crippen molar-refractivity contribution < 1.29 is 0 Å². The van der Waals surface area contributed by atoms with Gasteiger partial charge in [0.15, 0.2) is 0 Å². The SMILES string of the molecule is C/C=C(/C)C1CCCN(C)C1. The number of hydrogen-bond donors (Lipinski definition) is 0. The zero-order valence-corrected chi connectivity index (χ0v) is 7.93. The fraction of sp³-hybridized carbons (Fsp3) is 0.800. The van der Waals surface area contributed by atoms with Gasteiger partial charge in [-0.2, -0.15) is 0 Å². The molecule has 0 N–H and O–H groups in total. The zero-order valence-electron chi connectivity index (χ0n) is 7.93. The third-order valence-corrected chi connectivity index (χ3v) is 2.72. The van der Waals surface area contributed by atoms with Crippen LogP contribution in [0.15, 0.2) is 11.6 Å². The molecule has 1 fully saturated rings. The predicted molar refractivity (Wildman–Crippen MR) is 49.7 cm³/mol. The Bertz CT molecular complexity index is 149. The molecule has 1 aliphatic heterocycles. The van der Waals surface area contributed by atoms with Crippen molar-refractivity contribution in [2.45, 2.75) is 26.7 Å². The van der Waals surface area contributed by atoms with E-state index >= 15 is 0 Å². The van der Waals surface area contributed by atoms with Gasteiger partial charge in [-0.05, 0) is 46.2 Å². The van der Waals surface area contributed by atoms with Gasteiger partial charge in [0, 0.05) is 6.54 Å². The van der Waals surface area contributed by atoms with Crippen LogP contribution in [0.5, 0.6) is 0 Å². The van der Waals surface area contributed by atoms with Gasteiger partial charge in [-0.1, -0.05) is 11.6 Å². The van der Waals surface area contributed by atoms with Crippen LogP contribution in [0.4, 0.5) is 0 Å². The first kappa shape index (κ1) is 8.79. The van der Waals surface area contributed by atoms with Crippen molar-refractivity contribution in [1.82, 2.24) is 4.90 Å². The van der Waals surface area contributed by atoms with Crippen LogP contribution in [0, 0.1) is 5.92 Å². The first-order chi connectivity index (χ1) is 5.24. The van der Waals surface area contributed by atoms with E-state index in [1.807, 2.05) is 0 Å². The summed E-state index contributed by atoms with van der Waals surface area (Å²) < 4.78 is 0. The smallest absolute Gasteiger partial charge is 0.00439 e. The summed E-state index contributed by atoms with van der Waals surface area (Å²) in [6.45, 7) is 6.94. The van der Waals surface area contributed by atoms with Gasteiger partial charge in [-0.25, -0.2) is 0 Å². The third-order valence-electron chi connectivity index (χ3n) is 2.72. The maximum Gasteiger partial charge on any atom is 0.00439 e. The molecule has 1 unspecified atom stereocenters. The molecular formula is C10H19N. The summed E-state index contributed by atoms with van der Waals surface area (Å²) in [5.74, 6) is 0.832. The van der Waals surface area contributed by atoms with Crippen LogP contribution in [-0.2, 0) is 0 Å². The molecule has 0 saturated carbocycles. The van der Waals surface area contributed by atoms with E-state index < -0.39 is 0 Å². The summed E-state index contributed by atoms with van der Waals surface area (Å²) in [7, 11) is 2.22. The number of allylic oxidation sites excluding steroid dienone is 1. The topological polar surface area (TPSA) is 3.24 Å². The highest BCUT2D eigenvalue weighted by molar-refractivity contribution is 5.03. The van der Waals surface area contributed by atoms with Gasteiger partial charge < -0.3 is 4.90 Å². The zero-order chi connectivity index (χ0) is 8.27. The molecule has 0 bridgehead atoms. The summed E-state index contributed by atoms with van der Waals surface area (Å²) in [5, 5.41) is 0. The van der Waals surface area contributed by atoms with Crippen molar-refractivity contribution in [1.29, 1.82) is 0 Å². The van der Waals surface area contributed by atoms with Crippen molar-refractivity contribution in [2.24, 2.45) is 5.92 Å². The molecule has 0 aromatic heterocycles. The predicted octanol–water partition coefficient (Wildman–Crippen LogP) is 2.29. The second-order valence-electron chi connectivity index (χ2n) is 3.63. The number of piperidine rings is 1. The van der Waals surface area contributed by atoms with Gasteiger partial charge in [0.25, 0.3) is 0 Å². The minimum Gasteiger partial charge on any atom is -0.306 e. The van der Waals surface area contributed by atoms with Crippen LogP contribution in [-0.4, -0.2) is 25.0 Å². The lowest BCUT2D eigenvalue weighted by molar-refractivity contribution is 0.230. The molecule has 1 heterocycles. The molecule has 0 amide bonds. The Labute approximate surface area is 70.1 Å². The van der Waals surface area contributed by atoms with Crippen molar-refractivity contribution in [3.05, 3.63) is 11.6 Å². The number of nitrogens with zero attached hydrogens (tertiary/aromatic N) is 1. The van der Waals surface area contributed by atoms with Crippen LogP contribution in [0.25, 0.3) is 0 Å². The molecule has 1 atom stereocenters. The minimum absolute atomic E-state index is 0.832. The first-order valence-corrected chi connectivity index (χ1v) is 4.55. The largest absolute Gasteiger partial charge is 0.306 e. The molecule has 1 aliphatic rings. The Kier molecular flexibility index (Phi) is 3.13. The summed E-state index contributed by atoms with van der Waals surface area (Å²) >= 11 is 0. The van der Waals surface area contributed by atoms with Crippen LogP contribution < -0.4 is 0 Å². The minimum atomic E-state index is 0.832. The van der Waals surface area contributed by atoms with E-state index in [2.05, 4.69) is 31.9 Å². The molecule has 0 radical (unpaired) electrons. The summed E-state index contributed by atoms with van der Waals surface area (Å²) in [5.41, 5.74) is 1.57. The lowest BCUT2D eigenvalue weighted by Crippen LogP contribution is -2.32. The molecule has 11 heavy (non-hydrogen) atoms. The quantitative estimate of drug-likeness (QED) is 0.522. The lowest BCUT2D eigenvalue weighted by Gasteiger charge is -2.30. The summed E-state index contributed by atoms with van der Waals surface area (Å²) in [6.07, 6.45) is 5.01. The van der Waals surface area contributed by atoms with Crippen LogP contribution in [0.3, 0.4) is 0 Å². The Balaban J connectivity index is 2.46. The second kappa shape index (κ2) is 3.91. The molecule has 0 aromatic carbocycles. The van der Waals surface area contributed by atoms with Crippen molar-refractivity contribution in [3.8, 4) is 0 Å². The second-order valence-corrected chi connectivity index (χ2v) is 3.63. The fourth-order valence-corrected chi connectivity index (χ4v) is 1.77. The molecule has 1 saturated heterocycles. The Morgan fingerprint density at radius 1 is 1.55 bits per heavy atom. The van der Waals surface area contributed by atoms with E-state index in [9.17, 15) is 0 Å². The molecule has 1 rings (SSSR count). The van der Waals surface area contributed by atoms with Gasteiger partial charge in [0.2, 0.25) is 0 Å². The average Bonchev–Trinajstić information content (AvgIpc) is 2.03. The van der Waals surface area contributed by atoms with E-state index in [1.165, 1.54) is 25.9 Å². The monoisotopic (exact) mass is 153 g/mol. The van der Waals surface area contributed by atoms with Crippen molar-refractivity contribution in [2.75, 3.05) is 20.1 Å². The number of hydrogen-bond acceptors (Lipinski definition) is 1. The Morgan fingerprint density at radius 3 is 2.82 bits per heavy atom. The highest BCUT2D eigenvalue weighted by Gasteiger charge is 2.17. The maximum atomic E-state index is 2.43. The standard InChI is InChI=1S/C10H19N/c1-4-9(2)10-6-5-7-11(3)8-10/h4,10H,5-8H2,1-3H3/b9-4-. The van der Waals surface area contributed by atoms with E-state index in [0.29, 0.717) is 0 Å². The van der Waals surface area contributed by atoms with Gasteiger partial charge >= 0.3 is 0 Å². The van der Waals surface area contributed by atoms with E-state index in [4.69, 9.17) is 0 Å². The average molecular weight is 153 g/mol. The van der Waals surface area contributed by atoms with Gasteiger partial charge in [-0.3, -0.25) is 0 Å². The van der Waals surface area contributed by atoms with E-state index in [1.54, 1.807) is 5.57 Å². The fourth-order valence-electron chi connectivity index (χ4n) is 1.77. The highest BCUT2D eigenvalue weighted by atomic mass is 15.1. The third kappa shape index (κ3) is 2.33. The van der Waals surface area contributed by atoms with Gasteiger partial charge in [-0.15, -0.1) is 0 Å². The van der Waals surface area contributed by atoms with Crippen molar-refractivity contribution >= 4 is 0 Å². The highest BCUT2D eigenvalue weighted by Crippen LogP contribution is 2.21. The van der Waals surface area contributed by atoms with Crippen molar-refractivity contribution in [3.63, 3.8) is 0 Å². The first-order valence-electron chi connectivity index (χ1n) is 4.55. The molecule has 0 aromatic rings. The molecule has 1 nitrogen and oxygen atoms in total. The van der Waals surface area contributed by atoms with Gasteiger partial charge in [0.05, 0.1) is 0 Å². The number of rotatable bonds is 1. The molecule has 64 valence electrons. The Morgan fingerprint density at radius 2 is 2.27 bits per heavy atom. The molecule has 1 heteroatoms. The van der Waals surface area contributed by atoms with Gasteiger partial charge in [0.1, 0.15) is 0 Å². The normalized spacial score (nSPS) is 29.0.